The number of nitrogens with zero attached hydrogens (tertiary/aromatic N) is 2. The van der Waals surface area contributed by atoms with E-state index in [4.69, 9.17) is 0 Å². The van der Waals surface area contributed by atoms with Gasteiger partial charge in [0.15, 0.2) is 0 Å². The van der Waals surface area contributed by atoms with Crippen molar-refractivity contribution in [3.05, 3.63) is 72.4 Å². The van der Waals surface area contributed by atoms with Gasteiger partial charge in [0.1, 0.15) is 5.69 Å². The molecule has 3 rings (SSSR count). The molecule has 6 heteroatoms. The second-order valence-electron chi connectivity index (χ2n) is 5.17. The minimum atomic E-state index is -0.425. The number of para-hydroxylation sites is 1. The summed E-state index contributed by atoms with van der Waals surface area (Å²) in [6, 6.07) is 18.9. The standard InChI is InChI=1S/C18H16N4O2/c1-13(23)19-20-18(24)16-12-22(15-10-6-3-7-11-15)21-17(16)14-8-4-2-5-9-14/h2-12H,1H3,(H,19,23)(H,20,24). The van der Waals surface area contributed by atoms with E-state index in [1.807, 2.05) is 60.7 Å². The van der Waals surface area contributed by atoms with Gasteiger partial charge < -0.3 is 0 Å². The molecule has 0 saturated heterocycles. The minimum Gasteiger partial charge on any atom is -0.274 e. The van der Waals surface area contributed by atoms with Crippen LogP contribution in [-0.4, -0.2) is 21.6 Å². The van der Waals surface area contributed by atoms with Crippen LogP contribution in [0.5, 0.6) is 0 Å². The number of carbonyl (C=O) groups excluding carboxylic acids is 2. The zero-order valence-corrected chi connectivity index (χ0v) is 13.1. The fraction of sp³-hybridized carbons (Fsp3) is 0.0556. The SMILES string of the molecule is CC(=O)NNC(=O)c1cn(-c2ccccc2)nc1-c1ccccc1. The van der Waals surface area contributed by atoms with Crippen LogP contribution in [0.3, 0.4) is 0 Å². The molecule has 120 valence electrons. The maximum atomic E-state index is 12.4. The molecule has 0 aliphatic heterocycles. The van der Waals surface area contributed by atoms with Gasteiger partial charge in [-0.2, -0.15) is 5.10 Å². The normalized spacial score (nSPS) is 10.2. The van der Waals surface area contributed by atoms with Gasteiger partial charge in [0.25, 0.3) is 5.91 Å². The molecule has 1 heterocycles. The number of hydrogen-bond donors (Lipinski definition) is 2. The van der Waals surface area contributed by atoms with Gasteiger partial charge in [-0.25, -0.2) is 4.68 Å². The molecule has 0 aliphatic rings. The molecule has 0 radical (unpaired) electrons. The molecule has 2 aromatic carbocycles. The zero-order chi connectivity index (χ0) is 16.9. The summed E-state index contributed by atoms with van der Waals surface area (Å²) < 4.78 is 1.64. The van der Waals surface area contributed by atoms with Crippen LogP contribution in [-0.2, 0) is 4.79 Å². The molecule has 6 nitrogen and oxygen atoms in total. The number of hydrogen-bond acceptors (Lipinski definition) is 3. The van der Waals surface area contributed by atoms with Crippen molar-refractivity contribution in [1.82, 2.24) is 20.6 Å². The molecule has 0 aliphatic carbocycles. The first-order valence-corrected chi connectivity index (χ1v) is 7.42. The Bertz CT molecular complexity index is 857. The molecule has 0 spiro atoms. The Balaban J connectivity index is 2.03. The first-order chi connectivity index (χ1) is 11.6. The summed E-state index contributed by atoms with van der Waals surface area (Å²) in [5.41, 5.74) is 7.26. The van der Waals surface area contributed by atoms with Gasteiger partial charge in [0.2, 0.25) is 5.91 Å². The third-order valence-corrected chi connectivity index (χ3v) is 3.38. The number of benzene rings is 2. The van der Waals surface area contributed by atoms with Crippen molar-refractivity contribution in [3.63, 3.8) is 0 Å². The number of nitrogens with one attached hydrogen (secondary N) is 2. The average molecular weight is 320 g/mol. The van der Waals surface area contributed by atoms with E-state index in [-0.39, 0.29) is 5.91 Å². The molecule has 2 N–H and O–H groups in total. The number of carbonyl (C=O) groups is 2. The van der Waals surface area contributed by atoms with E-state index < -0.39 is 5.91 Å². The van der Waals surface area contributed by atoms with Gasteiger partial charge in [0.05, 0.1) is 11.3 Å². The van der Waals surface area contributed by atoms with Crippen LogP contribution in [0.25, 0.3) is 16.9 Å². The van der Waals surface area contributed by atoms with E-state index >= 15 is 0 Å². The van der Waals surface area contributed by atoms with Crippen molar-refractivity contribution in [2.45, 2.75) is 6.92 Å². The topological polar surface area (TPSA) is 76.0 Å². The predicted octanol–water partition coefficient (Wildman–Crippen LogP) is 2.32. The van der Waals surface area contributed by atoms with Gasteiger partial charge in [-0.1, -0.05) is 48.5 Å². The van der Waals surface area contributed by atoms with Crippen LogP contribution < -0.4 is 10.9 Å². The lowest BCUT2D eigenvalue weighted by atomic mass is 10.1. The Labute approximate surface area is 139 Å². The summed E-state index contributed by atoms with van der Waals surface area (Å²) in [5.74, 6) is -0.772. The molecule has 24 heavy (non-hydrogen) atoms. The summed E-state index contributed by atoms with van der Waals surface area (Å²) in [4.78, 5) is 23.4. The summed E-state index contributed by atoms with van der Waals surface area (Å²) in [7, 11) is 0. The second-order valence-corrected chi connectivity index (χ2v) is 5.17. The van der Waals surface area contributed by atoms with Crippen molar-refractivity contribution < 1.29 is 9.59 Å². The van der Waals surface area contributed by atoms with Crippen LogP contribution in [0.15, 0.2) is 66.9 Å². The number of amides is 2. The largest absolute Gasteiger partial charge is 0.274 e. The van der Waals surface area contributed by atoms with Gasteiger partial charge in [-0.3, -0.25) is 20.4 Å². The van der Waals surface area contributed by atoms with Crippen LogP contribution in [0, 0.1) is 0 Å². The molecule has 0 saturated carbocycles. The van der Waals surface area contributed by atoms with E-state index in [1.165, 1.54) is 6.92 Å². The minimum absolute atomic E-state index is 0.347. The first kappa shape index (κ1) is 15.5. The van der Waals surface area contributed by atoms with Crippen molar-refractivity contribution in [2.75, 3.05) is 0 Å². The monoisotopic (exact) mass is 320 g/mol. The second kappa shape index (κ2) is 6.78. The Morgan fingerprint density at radius 3 is 2.17 bits per heavy atom. The highest BCUT2D eigenvalue weighted by molar-refractivity contribution is 6.00. The van der Waals surface area contributed by atoms with Crippen LogP contribution in [0.1, 0.15) is 17.3 Å². The van der Waals surface area contributed by atoms with E-state index in [2.05, 4.69) is 16.0 Å². The van der Waals surface area contributed by atoms with Crippen molar-refractivity contribution in [2.24, 2.45) is 0 Å². The maximum Gasteiger partial charge on any atom is 0.273 e. The molecular weight excluding hydrogens is 304 g/mol. The Kier molecular flexibility index (Phi) is 4.38. The summed E-state index contributed by atoms with van der Waals surface area (Å²) in [5, 5.41) is 4.54. The molecule has 1 aromatic heterocycles. The van der Waals surface area contributed by atoms with E-state index in [0.717, 1.165) is 11.3 Å². The van der Waals surface area contributed by atoms with Crippen molar-refractivity contribution in [1.29, 1.82) is 0 Å². The van der Waals surface area contributed by atoms with Crippen LogP contribution in [0.4, 0.5) is 0 Å². The molecular formula is C18H16N4O2. The lowest BCUT2D eigenvalue weighted by Crippen LogP contribution is -2.40. The van der Waals surface area contributed by atoms with E-state index in [1.54, 1.807) is 10.9 Å². The lowest BCUT2D eigenvalue weighted by molar-refractivity contribution is -0.119. The summed E-state index contributed by atoms with van der Waals surface area (Å²) >= 11 is 0. The predicted molar refractivity (Wildman–Crippen MR) is 90.3 cm³/mol. The van der Waals surface area contributed by atoms with E-state index in [9.17, 15) is 9.59 Å². The first-order valence-electron chi connectivity index (χ1n) is 7.42. The average Bonchev–Trinajstić information content (AvgIpc) is 3.06. The lowest BCUT2D eigenvalue weighted by Gasteiger charge is -2.04. The van der Waals surface area contributed by atoms with Crippen molar-refractivity contribution in [3.8, 4) is 16.9 Å². The van der Waals surface area contributed by atoms with Gasteiger partial charge >= 0.3 is 0 Å². The highest BCUT2D eigenvalue weighted by Crippen LogP contribution is 2.23. The Hall–Kier alpha value is -3.41. The molecule has 2 amide bonds. The maximum absolute atomic E-state index is 12.4. The Morgan fingerprint density at radius 1 is 0.917 bits per heavy atom. The summed E-state index contributed by atoms with van der Waals surface area (Å²) in [6.07, 6.45) is 1.65. The van der Waals surface area contributed by atoms with E-state index in [0.29, 0.717) is 11.3 Å². The number of aromatic nitrogens is 2. The quantitative estimate of drug-likeness (QED) is 0.727. The third kappa shape index (κ3) is 3.33. The molecule has 0 unspecified atom stereocenters. The van der Waals surface area contributed by atoms with Crippen LogP contribution in [0.2, 0.25) is 0 Å². The van der Waals surface area contributed by atoms with Gasteiger partial charge in [-0.15, -0.1) is 0 Å². The molecule has 3 aromatic rings. The zero-order valence-electron chi connectivity index (χ0n) is 13.1. The highest BCUT2D eigenvalue weighted by Gasteiger charge is 2.18. The third-order valence-electron chi connectivity index (χ3n) is 3.38. The highest BCUT2D eigenvalue weighted by atomic mass is 16.2. The number of rotatable bonds is 3. The van der Waals surface area contributed by atoms with Gasteiger partial charge in [0, 0.05) is 18.7 Å². The molecule has 0 fully saturated rings. The summed E-state index contributed by atoms with van der Waals surface area (Å²) in [6.45, 7) is 1.33. The van der Waals surface area contributed by atoms with Gasteiger partial charge in [-0.05, 0) is 12.1 Å². The van der Waals surface area contributed by atoms with Crippen molar-refractivity contribution >= 4 is 11.8 Å². The fourth-order valence-corrected chi connectivity index (χ4v) is 2.27. The molecule has 0 atom stereocenters. The smallest absolute Gasteiger partial charge is 0.273 e. The molecule has 0 bridgehead atoms. The van der Waals surface area contributed by atoms with Crippen LogP contribution >= 0.6 is 0 Å². The number of hydrazine groups is 1. The Morgan fingerprint density at radius 2 is 1.54 bits per heavy atom. The fourth-order valence-electron chi connectivity index (χ4n) is 2.27.